The Labute approximate surface area is 109 Å². The van der Waals surface area contributed by atoms with E-state index in [1.165, 1.54) is 12.1 Å². The molecule has 0 amide bonds. The van der Waals surface area contributed by atoms with Gasteiger partial charge in [-0.2, -0.15) is 0 Å². The molecular formula is C10H13BrClNO2S. The van der Waals surface area contributed by atoms with Crippen LogP contribution in [0.25, 0.3) is 0 Å². The highest BCUT2D eigenvalue weighted by molar-refractivity contribution is 9.09. The first-order chi connectivity index (χ1) is 7.56. The van der Waals surface area contributed by atoms with Crippen LogP contribution in [0, 0.1) is 0 Å². The summed E-state index contributed by atoms with van der Waals surface area (Å²) in [6, 6.07) is 6.12. The SMILES string of the molecule is O=S(=O)(NCCCCBr)c1ccc(Cl)cc1. The maximum Gasteiger partial charge on any atom is 0.240 e. The number of alkyl halides is 1. The van der Waals surface area contributed by atoms with Crippen molar-refractivity contribution in [1.29, 1.82) is 0 Å². The quantitative estimate of drug-likeness (QED) is 0.645. The second-order valence-electron chi connectivity index (χ2n) is 3.25. The second-order valence-corrected chi connectivity index (χ2v) is 6.24. The van der Waals surface area contributed by atoms with Gasteiger partial charge in [0, 0.05) is 16.9 Å². The Bertz CT molecular complexity index is 419. The Morgan fingerprint density at radius 1 is 1.19 bits per heavy atom. The van der Waals surface area contributed by atoms with Gasteiger partial charge in [-0.05, 0) is 37.1 Å². The smallest absolute Gasteiger partial charge is 0.211 e. The largest absolute Gasteiger partial charge is 0.240 e. The van der Waals surface area contributed by atoms with Crippen molar-refractivity contribution >= 4 is 37.6 Å². The predicted molar refractivity (Wildman–Crippen MR) is 69.7 cm³/mol. The van der Waals surface area contributed by atoms with E-state index in [0.29, 0.717) is 11.6 Å². The lowest BCUT2D eigenvalue weighted by atomic mass is 10.3. The molecule has 0 unspecified atom stereocenters. The van der Waals surface area contributed by atoms with Gasteiger partial charge in [0.25, 0.3) is 0 Å². The molecule has 0 aliphatic rings. The summed E-state index contributed by atoms with van der Waals surface area (Å²) in [6.45, 7) is 0.455. The summed E-state index contributed by atoms with van der Waals surface area (Å²) >= 11 is 8.98. The van der Waals surface area contributed by atoms with Gasteiger partial charge in [0.05, 0.1) is 4.90 Å². The zero-order chi connectivity index (χ0) is 12.0. The molecule has 0 atom stereocenters. The van der Waals surface area contributed by atoms with Gasteiger partial charge in [0.2, 0.25) is 10.0 Å². The molecule has 3 nitrogen and oxygen atoms in total. The fraction of sp³-hybridized carbons (Fsp3) is 0.400. The van der Waals surface area contributed by atoms with Crippen LogP contribution in [0.5, 0.6) is 0 Å². The third kappa shape index (κ3) is 4.41. The van der Waals surface area contributed by atoms with Crippen LogP contribution in [-0.4, -0.2) is 20.3 Å². The van der Waals surface area contributed by atoms with E-state index in [2.05, 4.69) is 20.7 Å². The zero-order valence-electron chi connectivity index (χ0n) is 8.62. The maximum atomic E-state index is 11.7. The number of nitrogens with one attached hydrogen (secondary N) is 1. The molecule has 16 heavy (non-hydrogen) atoms. The molecule has 0 heterocycles. The molecule has 0 spiro atoms. The Morgan fingerprint density at radius 2 is 1.81 bits per heavy atom. The normalized spacial score (nSPS) is 11.6. The number of halogens is 2. The van der Waals surface area contributed by atoms with E-state index in [-0.39, 0.29) is 4.90 Å². The number of hydrogen-bond acceptors (Lipinski definition) is 2. The third-order valence-electron chi connectivity index (χ3n) is 1.98. The van der Waals surface area contributed by atoms with Crippen molar-refractivity contribution < 1.29 is 8.42 Å². The minimum atomic E-state index is -3.38. The van der Waals surface area contributed by atoms with E-state index in [0.717, 1.165) is 18.2 Å². The highest BCUT2D eigenvalue weighted by Gasteiger charge is 2.12. The molecular weight excluding hydrogens is 314 g/mol. The molecule has 0 fully saturated rings. The third-order valence-corrected chi connectivity index (χ3v) is 4.27. The van der Waals surface area contributed by atoms with Crippen molar-refractivity contribution in [2.24, 2.45) is 0 Å². The average Bonchev–Trinajstić information content (AvgIpc) is 2.25. The van der Waals surface area contributed by atoms with E-state index in [1.807, 2.05) is 0 Å². The van der Waals surface area contributed by atoms with E-state index in [9.17, 15) is 8.42 Å². The molecule has 0 saturated carbocycles. The van der Waals surface area contributed by atoms with Crippen LogP contribution in [0.15, 0.2) is 29.2 Å². The molecule has 90 valence electrons. The summed E-state index contributed by atoms with van der Waals surface area (Å²) in [5, 5.41) is 1.41. The number of hydrogen-bond donors (Lipinski definition) is 1. The lowest BCUT2D eigenvalue weighted by Gasteiger charge is -2.05. The van der Waals surface area contributed by atoms with Crippen LogP contribution in [-0.2, 0) is 10.0 Å². The fourth-order valence-electron chi connectivity index (χ4n) is 1.12. The molecule has 1 aromatic rings. The summed E-state index contributed by atoms with van der Waals surface area (Å²) in [5.41, 5.74) is 0. The van der Waals surface area contributed by atoms with Crippen molar-refractivity contribution in [1.82, 2.24) is 4.72 Å². The van der Waals surface area contributed by atoms with Crippen molar-refractivity contribution in [2.45, 2.75) is 17.7 Å². The molecule has 0 bridgehead atoms. The van der Waals surface area contributed by atoms with Crippen LogP contribution < -0.4 is 4.72 Å². The lowest BCUT2D eigenvalue weighted by molar-refractivity contribution is 0.578. The van der Waals surface area contributed by atoms with E-state index < -0.39 is 10.0 Å². The summed E-state index contributed by atoms with van der Waals surface area (Å²) in [4.78, 5) is 0.246. The number of rotatable bonds is 6. The summed E-state index contributed by atoms with van der Waals surface area (Å²) in [6.07, 6.45) is 1.77. The van der Waals surface area contributed by atoms with Gasteiger partial charge >= 0.3 is 0 Å². The average molecular weight is 327 g/mol. The topological polar surface area (TPSA) is 46.2 Å². The lowest BCUT2D eigenvalue weighted by Crippen LogP contribution is -2.24. The van der Waals surface area contributed by atoms with Crippen LogP contribution in [0.2, 0.25) is 5.02 Å². The molecule has 0 radical (unpaired) electrons. The van der Waals surface area contributed by atoms with Crippen molar-refractivity contribution in [3.63, 3.8) is 0 Å². The molecule has 0 saturated heterocycles. The molecule has 1 aromatic carbocycles. The van der Waals surface area contributed by atoms with Crippen LogP contribution in [0.3, 0.4) is 0 Å². The summed E-state index contributed by atoms with van der Waals surface area (Å²) in [5.74, 6) is 0. The number of benzene rings is 1. The van der Waals surface area contributed by atoms with Crippen molar-refractivity contribution in [3.05, 3.63) is 29.3 Å². The van der Waals surface area contributed by atoms with E-state index in [4.69, 9.17) is 11.6 Å². The van der Waals surface area contributed by atoms with Gasteiger partial charge < -0.3 is 0 Å². The van der Waals surface area contributed by atoms with E-state index >= 15 is 0 Å². The predicted octanol–water partition coefficient (Wildman–Crippen LogP) is 2.79. The summed E-state index contributed by atoms with van der Waals surface area (Å²) in [7, 11) is -3.38. The van der Waals surface area contributed by atoms with Crippen LogP contribution >= 0.6 is 27.5 Å². The molecule has 0 aliphatic carbocycles. The standard InChI is InChI=1S/C10H13BrClNO2S/c11-7-1-2-8-13-16(14,15)10-5-3-9(12)4-6-10/h3-6,13H,1-2,7-8H2. The first kappa shape index (κ1) is 14.0. The molecule has 1 N–H and O–H groups in total. The minimum Gasteiger partial charge on any atom is -0.211 e. The van der Waals surface area contributed by atoms with Gasteiger partial charge in [0.1, 0.15) is 0 Å². The summed E-state index contributed by atoms with van der Waals surface area (Å²) < 4.78 is 26.0. The highest BCUT2D eigenvalue weighted by atomic mass is 79.9. The Kier molecular flexibility index (Phi) is 5.75. The molecule has 6 heteroatoms. The highest BCUT2D eigenvalue weighted by Crippen LogP contribution is 2.13. The molecule has 1 rings (SSSR count). The van der Waals surface area contributed by atoms with Gasteiger partial charge in [-0.1, -0.05) is 27.5 Å². The zero-order valence-corrected chi connectivity index (χ0v) is 11.8. The monoisotopic (exact) mass is 325 g/mol. The van der Waals surface area contributed by atoms with Gasteiger partial charge in [-0.15, -0.1) is 0 Å². The van der Waals surface area contributed by atoms with Crippen LogP contribution in [0.4, 0.5) is 0 Å². The number of sulfonamides is 1. The molecule has 0 aromatic heterocycles. The second kappa shape index (κ2) is 6.59. The number of unbranched alkanes of at least 4 members (excludes halogenated alkanes) is 1. The van der Waals surface area contributed by atoms with Crippen LogP contribution in [0.1, 0.15) is 12.8 Å². The maximum absolute atomic E-state index is 11.7. The molecule has 0 aliphatic heterocycles. The minimum absolute atomic E-state index is 0.246. The fourth-order valence-corrected chi connectivity index (χ4v) is 2.72. The van der Waals surface area contributed by atoms with Gasteiger partial charge in [-0.3, -0.25) is 0 Å². The Morgan fingerprint density at radius 3 is 2.38 bits per heavy atom. The van der Waals surface area contributed by atoms with Crippen molar-refractivity contribution in [2.75, 3.05) is 11.9 Å². The Balaban J connectivity index is 2.60. The van der Waals surface area contributed by atoms with E-state index in [1.54, 1.807) is 12.1 Å². The first-order valence-corrected chi connectivity index (χ1v) is 7.86. The first-order valence-electron chi connectivity index (χ1n) is 4.87. The van der Waals surface area contributed by atoms with Gasteiger partial charge in [-0.25, -0.2) is 13.1 Å². The Hall–Kier alpha value is -0.100. The van der Waals surface area contributed by atoms with Crippen molar-refractivity contribution in [3.8, 4) is 0 Å². The van der Waals surface area contributed by atoms with Gasteiger partial charge in [0.15, 0.2) is 0 Å².